The van der Waals surface area contributed by atoms with Crippen molar-refractivity contribution in [2.75, 3.05) is 0 Å². The fraction of sp³-hybridized carbons (Fsp3) is 0.250. The Morgan fingerprint density at radius 3 is 2.27 bits per heavy atom. The molecule has 0 radical (unpaired) electrons. The summed E-state index contributed by atoms with van der Waals surface area (Å²) in [6, 6.07) is 29.2. The van der Waals surface area contributed by atoms with Gasteiger partial charge in [-0.15, -0.1) is 0 Å². The molecule has 0 bridgehead atoms. The molecule has 0 aliphatic carbocycles. The Kier molecular flexibility index (Phi) is 8.83. The first-order valence-corrected chi connectivity index (χ1v) is 14.4. The molecule has 0 atom stereocenters. The largest absolute Gasteiger partial charge is 0.306 e. The normalized spacial score (nSPS) is 12.2. The molecule has 3 aromatic carbocycles. The van der Waals surface area contributed by atoms with Crippen molar-refractivity contribution in [1.29, 1.82) is 5.41 Å². The number of rotatable bonds is 10. The van der Waals surface area contributed by atoms with Crippen LogP contribution in [0.1, 0.15) is 68.6 Å². The average Bonchev–Trinajstić information content (AvgIpc) is 3.32. The lowest BCUT2D eigenvalue weighted by Gasteiger charge is -2.13. The third kappa shape index (κ3) is 6.05. The monoisotopic (exact) mass is 525 g/mol. The quantitative estimate of drug-likeness (QED) is 0.122. The Bertz CT molecular complexity index is 1580. The molecular weight excluding hydrogens is 488 g/mol. The molecule has 1 N–H and O–H groups in total. The van der Waals surface area contributed by atoms with Gasteiger partial charge in [0.2, 0.25) is 12.2 Å². The Hall–Kier alpha value is -4.49. The van der Waals surface area contributed by atoms with Gasteiger partial charge in [-0.3, -0.25) is 0 Å². The SMILES string of the molecule is C=[N+]1C=Nc2c(c(-c3ccccc3)c(-c3ccccc3)n2Cc2cccc(C#CCCCCCCCC)c2)C1=N. The minimum absolute atomic E-state index is 0.342. The summed E-state index contributed by atoms with van der Waals surface area (Å²) in [5, 5.41) is 8.95. The Balaban J connectivity index is 1.51. The lowest BCUT2D eigenvalue weighted by atomic mass is 9.96. The first kappa shape index (κ1) is 27.1. The highest BCUT2D eigenvalue weighted by Crippen LogP contribution is 2.44. The van der Waals surface area contributed by atoms with Crippen LogP contribution in [-0.2, 0) is 6.54 Å². The van der Waals surface area contributed by atoms with Gasteiger partial charge in [0.1, 0.15) is 5.56 Å². The number of aromatic nitrogens is 1. The molecule has 4 heteroatoms. The van der Waals surface area contributed by atoms with Crippen molar-refractivity contribution in [1.82, 2.24) is 4.57 Å². The molecule has 0 saturated heterocycles. The van der Waals surface area contributed by atoms with Crippen molar-refractivity contribution >= 4 is 24.7 Å². The molecule has 4 aromatic rings. The zero-order valence-corrected chi connectivity index (χ0v) is 23.4. The molecular formula is C36H37N4+. The number of aliphatic imine (C=N–C) groups is 1. The van der Waals surface area contributed by atoms with E-state index in [1.807, 2.05) is 24.3 Å². The van der Waals surface area contributed by atoms with Gasteiger partial charge in [0.05, 0.1) is 12.2 Å². The molecule has 1 aromatic heterocycles. The summed E-state index contributed by atoms with van der Waals surface area (Å²) < 4.78 is 3.78. The van der Waals surface area contributed by atoms with Crippen molar-refractivity contribution in [3.8, 4) is 34.2 Å². The van der Waals surface area contributed by atoms with Gasteiger partial charge in [-0.2, -0.15) is 5.41 Å². The predicted octanol–water partition coefficient (Wildman–Crippen LogP) is 8.68. The molecule has 40 heavy (non-hydrogen) atoms. The lowest BCUT2D eigenvalue weighted by Crippen LogP contribution is -2.21. The van der Waals surface area contributed by atoms with Crippen LogP contribution in [0, 0.1) is 17.3 Å². The van der Waals surface area contributed by atoms with Crippen LogP contribution in [0.2, 0.25) is 0 Å². The third-order valence-corrected chi connectivity index (χ3v) is 7.34. The van der Waals surface area contributed by atoms with Gasteiger partial charge >= 0.3 is 0 Å². The highest BCUT2D eigenvalue weighted by molar-refractivity contribution is 6.10. The summed E-state index contributed by atoms with van der Waals surface area (Å²) in [6.45, 7) is 6.89. The summed E-state index contributed by atoms with van der Waals surface area (Å²) in [4.78, 5) is 4.80. The van der Waals surface area contributed by atoms with Crippen LogP contribution in [0.15, 0.2) is 89.9 Å². The Morgan fingerprint density at radius 2 is 1.52 bits per heavy atom. The summed E-state index contributed by atoms with van der Waals surface area (Å²) in [7, 11) is 0. The van der Waals surface area contributed by atoms with Crippen molar-refractivity contribution in [2.24, 2.45) is 4.99 Å². The lowest BCUT2D eigenvalue weighted by molar-refractivity contribution is -0.246. The second-order valence-corrected chi connectivity index (χ2v) is 10.3. The van der Waals surface area contributed by atoms with E-state index in [2.05, 4.69) is 90.7 Å². The van der Waals surface area contributed by atoms with Gasteiger partial charge in [0, 0.05) is 24.3 Å². The van der Waals surface area contributed by atoms with Crippen LogP contribution >= 0.6 is 0 Å². The van der Waals surface area contributed by atoms with E-state index in [1.165, 1.54) is 43.1 Å². The first-order chi connectivity index (χ1) is 19.7. The van der Waals surface area contributed by atoms with Crippen molar-refractivity contribution < 1.29 is 4.58 Å². The van der Waals surface area contributed by atoms with Crippen LogP contribution in [0.25, 0.3) is 22.4 Å². The zero-order chi connectivity index (χ0) is 27.7. The minimum atomic E-state index is 0.342. The number of fused-ring (bicyclic) bond motifs is 1. The topological polar surface area (TPSA) is 44.1 Å². The van der Waals surface area contributed by atoms with Crippen LogP contribution < -0.4 is 0 Å². The van der Waals surface area contributed by atoms with Gasteiger partial charge < -0.3 is 4.57 Å². The van der Waals surface area contributed by atoms with Gasteiger partial charge in [-0.05, 0) is 35.2 Å². The summed E-state index contributed by atoms with van der Waals surface area (Å²) >= 11 is 0. The standard InChI is InChI=1S/C36H37N4/c1-3-4-5-6-7-8-9-12-18-28-19-17-20-29(25-28)26-40-34(31-23-15-11-16-24-31)32(30-21-13-10-14-22-30)33-35(37)39(2)27-38-36(33)40/h10-11,13-17,19-25,27,37H,2-9,26H2,1H3/q+1. The number of hydrogen-bond acceptors (Lipinski definition) is 2. The van der Waals surface area contributed by atoms with Crippen LogP contribution in [0.3, 0.4) is 0 Å². The second-order valence-electron chi connectivity index (χ2n) is 10.3. The number of nitrogens with zero attached hydrogens (tertiary/aromatic N) is 3. The smallest absolute Gasteiger partial charge is 0.271 e. The van der Waals surface area contributed by atoms with Crippen LogP contribution in [-0.4, -0.2) is 28.0 Å². The molecule has 200 valence electrons. The van der Waals surface area contributed by atoms with E-state index in [9.17, 15) is 0 Å². The molecule has 0 saturated carbocycles. The molecule has 0 spiro atoms. The van der Waals surface area contributed by atoms with Crippen molar-refractivity contribution in [2.45, 2.75) is 58.4 Å². The molecule has 2 heterocycles. The number of amidine groups is 1. The molecule has 0 unspecified atom stereocenters. The fourth-order valence-corrected chi connectivity index (χ4v) is 5.31. The first-order valence-electron chi connectivity index (χ1n) is 14.4. The van der Waals surface area contributed by atoms with E-state index in [-0.39, 0.29) is 0 Å². The number of benzene rings is 3. The van der Waals surface area contributed by atoms with Gasteiger partial charge in [-0.25, -0.2) is 4.58 Å². The number of nitrogens with one attached hydrogen (secondary N) is 1. The maximum absolute atomic E-state index is 8.95. The molecule has 0 amide bonds. The van der Waals surface area contributed by atoms with Crippen LogP contribution in [0.5, 0.6) is 0 Å². The van der Waals surface area contributed by atoms with E-state index in [0.29, 0.717) is 12.4 Å². The van der Waals surface area contributed by atoms with E-state index in [4.69, 9.17) is 10.4 Å². The number of unbranched alkanes of at least 4 members (excludes halogenated alkanes) is 6. The molecule has 1 aliphatic heterocycles. The van der Waals surface area contributed by atoms with Crippen molar-refractivity contribution in [3.63, 3.8) is 0 Å². The molecule has 0 fully saturated rings. The van der Waals surface area contributed by atoms with Gasteiger partial charge in [0.15, 0.2) is 0 Å². The predicted molar refractivity (Wildman–Crippen MR) is 168 cm³/mol. The van der Waals surface area contributed by atoms with E-state index in [1.54, 1.807) is 6.34 Å². The maximum atomic E-state index is 8.95. The third-order valence-electron chi connectivity index (χ3n) is 7.34. The van der Waals surface area contributed by atoms with E-state index in [0.717, 1.165) is 51.3 Å². The van der Waals surface area contributed by atoms with Crippen LogP contribution in [0.4, 0.5) is 5.82 Å². The fourth-order valence-electron chi connectivity index (χ4n) is 5.31. The average molecular weight is 526 g/mol. The summed E-state index contributed by atoms with van der Waals surface area (Å²) in [5.74, 6) is 7.90. The highest BCUT2D eigenvalue weighted by Gasteiger charge is 2.34. The van der Waals surface area contributed by atoms with Gasteiger partial charge in [-0.1, -0.05) is 129 Å². The zero-order valence-electron chi connectivity index (χ0n) is 23.4. The second kappa shape index (κ2) is 13.0. The summed E-state index contributed by atoms with van der Waals surface area (Å²) in [5.41, 5.74) is 7.19. The molecule has 4 nitrogen and oxygen atoms in total. The summed E-state index contributed by atoms with van der Waals surface area (Å²) in [6.07, 6.45) is 10.3. The maximum Gasteiger partial charge on any atom is 0.271 e. The molecule has 1 aliphatic rings. The van der Waals surface area contributed by atoms with E-state index >= 15 is 0 Å². The van der Waals surface area contributed by atoms with Crippen molar-refractivity contribution in [3.05, 3.63) is 102 Å². The Morgan fingerprint density at radius 1 is 0.825 bits per heavy atom. The van der Waals surface area contributed by atoms with E-state index < -0.39 is 0 Å². The van der Waals surface area contributed by atoms with Gasteiger partial charge in [0.25, 0.3) is 5.84 Å². The number of hydrogen-bond donors (Lipinski definition) is 1. The highest BCUT2D eigenvalue weighted by atomic mass is 15.2. The molecule has 5 rings (SSSR count). The Labute approximate surface area is 238 Å². The minimum Gasteiger partial charge on any atom is -0.306 e.